The predicted molar refractivity (Wildman–Crippen MR) is 472 cm³/mol. The Morgan fingerprint density at radius 2 is 0.711 bits per heavy atom. The van der Waals surface area contributed by atoms with Gasteiger partial charge in [0.2, 0.25) is 0 Å². The molecule has 5 aromatic rings. The van der Waals surface area contributed by atoms with Gasteiger partial charge in [-0.05, 0) is 377 Å². The van der Waals surface area contributed by atoms with Crippen LogP contribution in [0.2, 0.25) is 0 Å². The van der Waals surface area contributed by atoms with Crippen LogP contribution in [0.3, 0.4) is 0 Å². The average molecular weight is 1800 g/mol. The predicted octanol–water partition coefficient (Wildman–Crippen LogP) is 19.4. The fourth-order valence-corrected chi connectivity index (χ4v) is 32.0. The molecule has 698 valence electrons. The van der Waals surface area contributed by atoms with E-state index < -0.39 is 33.1 Å². The molecule has 0 bridgehead atoms. The van der Waals surface area contributed by atoms with Crippen LogP contribution >= 0.6 is 0 Å². The van der Waals surface area contributed by atoms with Gasteiger partial charge in [-0.25, -0.2) is 0 Å². The lowest BCUT2D eigenvalue weighted by molar-refractivity contribution is -0.237. The number of halogens is 3. The second-order valence-corrected chi connectivity index (χ2v) is 44.0. The van der Waals surface area contributed by atoms with E-state index in [2.05, 4.69) is 57.0 Å². The summed E-state index contributed by atoms with van der Waals surface area (Å²) in [7, 11) is 1.99. The smallest absolute Gasteiger partial charge is 0.504 e. The summed E-state index contributed by atoms with van der Waals surface area (Å²) < 4.78 is 130. The molecular formula is C103H134F3NO20S. The van der Waals surface area contributed by atoms with Crippen molar-refractivity contribution in [3.8, 4) is 51.7 Å². The number of alkyl halides is 3. The molecule has 5 aromatic carbocycles. The molecule has 13 fully saturated rings. The zero-order chi connectivity index (χ0) is 90.0. The number of methoxy groups -OCH3 is 5. The normalized spacial score (nSPS) is 36.6. The number of fused-ring (bicyclic) bond motifs is 28. The largest absolute Gasteiger partial charge is 0.534 e. The van der Waals surface area contributed by atoms with Crippen molar-refractivity contribution >= 4 is 21.8 Å². The molecule has 3 saturated heterocycles. The number of aliphatic hydroxyl groups is 1. The molecule has 6 N–H and O–H groups in total. The molecule has 18 aliphatic rings. The number of carbonyl (C=O) groups is 2. The van der Waals surface area contributed by atoms with Gasteiger partial charge in [-0.2, -0.15) is 21.6 Å². The van der Waals surface area contributed by atoms with Crippen molar-refractivity contribution in [3.05, 3.63) is 122 Å². The SMILES string of the molecule is COc1cc2c(cc1C(N)=O)CCC1C2CC[C@@]2(C)C1CCC21OCCO1.COc1cc2c(cc1O)CCC1C2CC[C@@]2(C)C1CCC21OCCO1.COc1cc2c(cc1O)CCC1C2CC[C@@]2(C)C1CC[C@@H]2O.COc1cc2c(cc1O)CCC1C2CC[C@]2(C)C(=O)CCC12.COc1cc2c(cc1OS(=O)(=O)C(F)(F)F)CCC1C2CC[C@@]2(C)C1CCC21OCCO1. The fraction of sp³-hybridized carbons (Fsp3) is 0.689. The Kier molecular flexibility index (Phi) is 23.6. The quantitative estimate of drug-likeness (QED) is 0.0713. The maximum atomic E-state index is 12.8. The van der Waals surface area contributed by atoms with E-state index in [9.17, 15) is 51.6 Å². The summed E-state index contributed by atoms with van der Waals surface area (Å²) in [5, 5.41) is 40.6. The summed E-state index contributed by atoms with van der Waals surface area (Å²) in [4.78, 5) is 24.1. The first kappa shape index (κ1) is 90.1. The number of aromatic hydroxyl groups is 3. The third-order valence-corrected chi connectivity index (χ3v) is 38.9. The molecule has 15 unspecified atom stereocenters. The Labute approximate surface area is 752 Å². The van der Waals surface area contributed by atoms with E-state index in [0.29, 0.717) is 137 Å². The van der Waals surface area contributed by atoms with Gasteiger partial charge < -0.3 is 82.4 Å². The number of ether oxygens (including phenoxy) is 11. The molecular weight excluding hydrogens is 1660 g/mol. The number of hydrogen-bond donors (Lipinski definition) is 5. The lowest BCUT2D eigenvalue weighted by atomic mass is 9.54. The third kappa shape index (κ3) is 14.3. The van der Waals surface area contributed by atoms with Crippen LogP contribution in [0.15, 0.2) is 60.7 Å². The van der Waals surface area contributed by atoms with Gasteiger partial charge >= 0.3 is 15.6 Å². The van der Waals surface area contributed by atoms with Crippen LogP contribution in [0.1, 0.15) is 291 Å². The summed E-state index contributed by atoms with van der Waals surface area (Å²) in [5.41, 5.74) is 13.3. The van der Waals surface area contributed by atoms with E-state index >= 15 is 0 Å². The van der Waals surface area contributed by atoms with Crippen LogP contribution in [-0.2, 0) is 75.4 Å². The number of carbonyl (C=O) groups excluding carboxylic acids is 2. The number of rotatable bonds is 8. The summed E-state index contributed by atoms with van der Waals surface area (Å²) in [6.45, 7) is 15.8. The molecule has 15 aliphatic carbocycles. The second kappa shape index (κ2) is 33.5. The molecule has 0 aromatic heterocycles. The Hall–Kier alpha value is -7.10. The Morgan fingerprint density at radius 1 is 0.383 bits per heavy atom. The minimum Gasteiger partial charge on any atom is -0.504 e. The number of primary amides is 1. The van der Waals surface area contributed by atoms with Crippen LogP contribution < -0.4 is 33.6 Å². The van der Waals surface area contributed by atoms with E-state index in [-0.39, 0.29) is 73.7 Å². The van der Waals surface area contributed by atoms with Crippen LogP contribution in [0.5, 0.6) is 51.7 Å². The second-order valence-electron chi connectivity index (χ2n) is 42.4. The average Bonchev–Trinajstić information content (AvgIpc) is 1.55. The highest BCUT2D eigenvalue weighted by molar-refractivity contribution is 7.88. The van der Waals surface area contributed by atoms with Gasteiger partial charge in [0.15, 0.2) is 63.4 Å². The molecule has 21 atom stereocenters. The third-order valence-electron chi connectivity index (χ3n) is 37.9. The maximum absolute atomic E-state index is 12.8. The van der Waals surface area contributed by atoms with Gasteiger partial charge in [0.1, 0.15) is 11.5 Å². The molecule has 0 radical (unpaired) electrons. The van der Waals surface area contributed by atoms with E-state index in [4.69, 9.17) is 57.8 Å². The molecule has 23 rings (SSSR count). The Bertz CT molecular complexity index is 5190. The number of Topliss-reactive ketones (excluding diaryl/α,β-unsaturated/α-hetero) is 1. The van der Waals surface area contributed by atoms with Crippen molar-refractivity contribution in [3.63, 3.8) is 0 Å². The number of aryl methyl sites for hydroxylation is 5. The highest BCUT2D eigenvalue weighted by Gasteiger charge is 2.69. The highest BCUT2D eigenvalue weighted by Crippen LogP contribution is 2.72. The van der Waals surface area contributed by atoms with Gasteiger partial charge in [-0.3, -0.25) is 9.59 Å². The minimum absolute atomic E-state index is 0.00379. The summed E-state index contributed by atoms with van der Waals surface area (Å²) in [6.07, 6.45) is 31.4. The number of benzene rings is 5. The maximum Gasteiger partial charge on any atom is 0.534 e. The number of hydrogen-bond acceptors (Lipinski definition) is 20. The van der Waals surface area contributed by atoms with Crippen molar-refractivity contribution in [1.29, 1.82) is 0 Å². The first-order valence-corrected chi connectivity index (χ1v) is 49.5. The van der Waals surface area contributed by atoms with Crippen LogP contribution in [0, 0.1) is 86.3 Å². The standard InChI is InChI=1S/C22H27F3O6S.C22H29NO4.C21H28O4.C19H26O3.C19H24O3/c1-20-7-5-14-15(17(20)6-8-21(20)29-9-10-30-21)4-3-13-11-19(18(28-2)12-16(13)14)31-32(26,27)22(23,24)25;1-21-7-5-14-15(18(21)6-8-22(21)26-9-10-27-22)4-3-13-11-17(20(23)24)19(25-2)12-16(13)14;1-20-7-5-14-15(17(20)6-8-21(20)24-9-10-25-21)4-3-13-11-18(22)19(23-2)12-16(13)14;2*1-19-8-7-12-13(15(19)5-6-18(19)21)4-3-11-9-16(20)17(22-2)10-14(11)12/h11-12,14-15,17H,3-10H2,1-2H3;11-12,14-15,18H,3-10H2,1-2H3,(H2,23,24);11-12,14-15,17,22H,3-10H2,1-2H3;9-10,12-13,15,18,20-21H,3-8H2,1-2H3;9-10,12-13,15,20H,3-8H2,1-2H3/t14?,15?,17?,20-;14?,15?,18?,21-;14?,15?,17?,20-;12?,13?,15?,18-,19-;12?,13?,15?,19-/m00000/s1. The van der Waals surface area contributed by atoms with E-state index in [0.717, 1.165) is 179 Å². The highest BCUT2D eigenvalue weighted by atomic mass is 32.2. The van der Waals surface area contributed by atoms with Crippen molar-refractivity contribution in [2.24, 2.45) is 92.0 Å². The molecule has 3 aliphatic heterocycles. The van der Waals surface area contributed by atoms with Crippen molar-refractivity contribution < 1.29 is 108 Å². The van der Waals surface area contributed by atoms with Gasteiger partial charge in [0.05, 0.1) is 86.9 Å². The monoisotopic (exact) mass is 1790 g/mol. The van der Waals surface area contributed by atoms with Gasteiger partial charge in [0.25, 0.3) is 5.91 Å². The van der Waals surface area contributed by atoms with Crippen LogP contribution in [-0.4, -0.2) is 145 Å². The first-order chi connectivity index (χ1) is 61.2. The molecule has 3 heterocycles. The molecule has 21 nitrogen and oxygen atoms in total. The summed E-state index contributed by atoms with van der Waals surface area (Å²) in [5.74, 6) is 10.0. The molecule has 10 saturated carbocycles. The summed E-state index contributed by atoms with van der Waals surface area (Å²) in [6, 6.07) is 19.1. The van der Waals surface area contributed by atoms with E-state index in [1.807, 2.05) is 30.3 Å². The zero-order valence-corrected chi connectivity index (χ0v) is 77.2. The molecule has 3 spiro atoms. The van der Waals surface area contributed by atoms with E-state index in [1.165, 1.54) is 103 Å². The zero-order valence-electron chi connectivity index (χ0n) is 76.4. The Balaban J connectivity index is 0.000000105. The lowest BCUT2D eigenvalue weighted by Crippen LogP contribution is -2.51. The van der Waals surface area contributed by atoms with Crippen molar-refractivity contribution in [2.75, 3.05) is 75.2 Å². The fourth-order valence-electron chi connectivity index (χ4n) is 31.6. The number of aliphatic hydroxyl groups excluding tert-OH is 1. The van der Waals surface area contributed by atoms with Gasteiger partial charge in [-0.15, -0.1) is 0 Å². The minimum atomic E-state index is -5.77. The van der Waals surface area contributed by atoms with Crippen LogP contribution in [0.4, 0.5) is 13.2 Å². The number of phenolic OH excluding ortho intramolecular Hbond substituents is 3. The number of phenols is 3. The van der Waals surface area contributed by atoms with Gasteiger partial charge in [-0.1, -0.05) is 34.6 Å². The first-order valence-electron chi connectivity index (χ1n) is 48.1. The molecule has 25 heteroatoms. The lowest BCUT2D eigenvalue weighted by Gasteiger charge is -2.52. The number of amides is 1. The molecule has 1 amide bonds. The number of nitrogens with two attached hydrogens (primary N) is 1. The van der Waals surface area contributed by atoms with E-state index in [1.54, 1.807) is 34.5 Å². The van der Waals surface area contributed by atoms with Gasteiger partial charge in [0, 0.05) is 47.3 Å². The molecule has 128 heavy (non-hydrogen) atoms. The Morgan fingerprint density at radius 3 is 1.08 bits per heavy atom. The number of ketones is 1. The topological polar surface area (TPSA) is 286 Å². The summed E-state index contributed by atoms with van der Waals surface area (Å²) >= 11 is 0. The van der Waals surface area contributed by atoms with Crippen LogP contribution in [0.25, 0.3) is 0 Å². The van der Waals surface area contributed by atoms with Crippen molar-refractivity contribution in [1.82, 2.24) is 0 Å². The van der Waals surface area contributed by atoms with Crippen molar-refractivity contribution in [2.45, 2.75) is 286 Å².